The van der Waals surface area contributed by atoms with Crippen LogP contribution in [0.4, 0.5) is 13.2 Å². The molecule has 1 aliphatic carbocycles. The molecule has 1 atom stereocenters. The molecule has 2 aliphatic heterocycles. The number of amides is 4. The van der Waals surface area contributed by atoms with Gasteiger partial charge in [0.15, 0.2) is 5.96 Å². The topological polar surface area (TPSA) is 172 Å². The average molecular weight is 668 g/mol. The van der Waals surface area contributed by atoms with Gasteiger partial charge in [0.25, 0.3) is 0 Å². The van der Waals surface area contributed by atoms with Crippen molar-refractivity contribution in [1.29, 1.82) is 0 Å². The summed E-state index contributed by atoms with van der Waals surface area (Å²) in [6, 6.07) is 3.74. The molecule has 0 radical (unpaired) electrons. The Morgan fingerprint density at radius 2 is 1.72 bits per heavy atom. The predicted molar refractivity (Wildman–Crippen MR) is 170 cm³/mol. The summed E-state index contributed by atoms with van der Waals surface area (Å²) >= 11 is 0. The van der Waals surface area contributed by atoms with Crippen LogP contribution >= 0.6 is 0 Å². The van der Waals surface area contributed by atoms with E-state index in [1.165, 1.54) is 21.9 Å². The number of carbonyl (C=O) groups excluding carboxylic acids is 4. The molecule has 0 unspecified atom stereocenters. The number of aliphatic imine (C=N–C) groups is 1. The van der Waals surface area contributed by atoms with Crippen LogP contribution < -0.4 is 22.1 Å². The minimum Gasteiger partial charge on any atom is -0.380 e. The number of carbonyl (C=O) groups is 4. The standard InChI is InChI=1S/C32H48F3N7O5/c1-2-47-17-16-41-20-28(44)39-25-11-9-23(10-12-25)19-27(43)40-26(8-3-4-14-38-31(36)37)30(46)42(21-29(41)45)15-13-22-6-5-7-24(18-22)32(33,34)35/h5-7,18,23,25-26H,2-4,8-17,19-21H2,1H3,(H,39,44)(H,40,43)(H4,36,37,38)/t23?,25?,26-/m0/s1. The number of halogens is 3. The zero-order chi connectivity index (χ0) is 34.4. The smallest absolute Gasteiger partial charge is 0.380 e. The lowest BCUT2D eigenvalue weighted by molar-refractivity contribution is -0.144. The largest absolute Gasteiger partial charge is 0.416 e. The van der Waals surface area contributed by atoms with Crippen molar-refractivity contribution in [2.75, 3.05) is 45.9 Å². The predicted octanol–water partition coefficient (Wildman–Crippen LogP) is 1.95. The average Bonchev–Trinajstić information content (AvgIpc) is 3.01. The first-order valence-electron chi connectivity index (χ1n) is 16.3. The third-order valence-electron chi connectivity index (χ3n) is 8.47. The van der Waals surface area contributed by atoms with Gasteiger partial charge in [0.2, 0.25) is 23.6 Å². The molecule has 4 rings (SSSR count). The molecule has 6 N–H and O–H groups in total. The van der Waals surface area contributed by atoms with E-state index in [9.17, 15) is 32.3 Å². The molecule has 2 heterocycles. The zero-order valence-corrected chi connectivity index (χ0v) is 27.0. The summed E-state index contributed by atoms with van der Waals surface area (Å²) in [5.74, 6) is -1.65. The Morgan fingerprint density at radius 1 is 0.979 bits per heavy atom. The maximum atomic E-state index is 14.1. The summed E-state index contributed by atoms with van der Waals surface area (Å²) in [5, 5.41) is 5.88. The lowest BCUT2D eigenvalue weighted by Crippen LogP contribution is -2.54. The highest BCUT2D eigenvalue weighted by Crippen LogP contribution is 2.30. The Balaban J connectivity index is 1.91. The Morgan fingerprint density at radius 3 is 2.40 bits per heavy atom. The first-order chi connectivity index (χ1) is 22.3. The van der Waals surface area contributed by atoms with Gasteiger partial charge in [-0.2, -0.15) is 13.2 Å². The van der Waals surface area contributed by atoms with Gasteiger partial charge in [-0.25, -0.2) is 0 Å². The van der Waals surface area contributed by atoms with Crippen LogP contribution in [0.15, 0.2) is 29.3 Å². The Labute approximate surface area is 273 Å². The number of ether oxygens (including phenoxy) is 1. The van der Waals surface area contributed by atoms with Crippen molar-refractivity contribution in [2.24, 2.45) is 22.4 Å². The van der Waals surface area contributed by atoms with Crippen LogP contribution in [0.3, 0.4) is 0 Å². The molecule has 47 heavy (non-hydrogen) atoms. The summed E-state index contributed by atoms with van der Waals surface area (Å²) in [5.41, 5.74) is 10.3. The van der Waals surface area contributed by atoms with Crippen LogP contribution in [0.2, 0.25) is 0 Å². The number of nitrogens with two attached hydrogens (primary N) is 2. The maximum absolute atomic E-state index is 14.1. The molecule has 2 bridgehead atoms. The highest BCUT2D eigenvalue weighted by atomic mass is 19.4. The number of hydrogen-bond acceptors (Lipinski definition) is 6. The van der Waals surface area contributed by atoms with E-state index in [0.29, 0.717) is 44.4 Å². The van der Waals surface area contributed by atoms with Crippen molar-refractivity contribution in [1.82, 2.24) is 20.4 Å². The molecule has 3 fully saturated rings. The second-order valence-electron chi connectivity index (χ2n) is 12.1. The summed E-state index contributed by atoms with van der Waals surface area (Å²) in [4.78, 5) is 60.6. The van der Waals surface area contributed by atoms with Gasteiger partial charge >= 0.3 is 6.18 Å². The molecule has 2 saturated heterocycles. The Hall–Kier alpha value is -3.88. The molecule has 4 amide bonds. The fraction of sp³-hybridized carbons (Fsp3) is 0.656. The second-order valence-corrected chi connectivity index (χ2v) is 12.1. The Bertz CT molecular complexity index is 1230. The summed E-state index contributed by atoms with van der Waals surface area (Å²) in [6.07, 6.45) is -0.192. The van der Waals surface area contributed by atoms with Crippen molar-refractivity contribution in [3.8, 4) is 0 Å². The lowest BCUT2D eigenvalue weighted by atomic mass is 9.84. The highest BCUT2D eigenvalue weighted by Gasteiger charge is 2.33. The normalized spacial score (nSPS) is 21.8. The van der Waals surface area contributed by atoms with Gasteiger partial charge < -0.3 is 36.6 Å². The van der Waals surface area contributed by atoms with E-state index in [-0.39, 0.29) is 75.2 Å². The van der Waals surface area contributed by atoms with E-state index in [0.717, 1.165) is 25.0 Å². The van der Waals surface area contributed by atoms with Crippen molar-refractivity contribution in [3.05, 3.63) is 35.4 Å². The van der Waals surface area contributed by atoms with Crippen molar-refractivity contribution in [3.63, 3.8) is 0 Å². The molecule has 12 nitrogen and oxygen atoms in total. The maximum Gasteiger partial charge on any atom is 0.416 e. The first kappa shape index (κ1) is 37.6. The van der Waals surface area contributed by atoms with E-state index < -0.39 is 36.1 Å². The van der Waals surface area contributed by atoms with Crippen molar-refractivity contribution in [2.45, 2.75) is 83.0 Å². The second kappa shape index (κ2) is 18.5. The number of nitrogens with zero attached hydrogens (tertiary/aromatic N) is 3. The molecule has 262 valence electrons. The van der Waals surface area contributed by atoms with Crippen LogP contribution in [0.5, 0.6) is 0 Å². The van der Waals surface area contributed by atoms with Gasteiger partial charge in [0.1, 0.15) is 6.04 Å². The van der Waals surface area contributed by atoms with Gasteiger partial charge in [-0.05, 0) is 75.8 Å². The summed E-state index contributed by atoms with van der Waals surface area (Å²) in [6.45, 7) is 2.05. The number of rotatable bonds is 12. The third-order valence-corrected chi connectivity index (χ3v) is 8.47. The SMILES string of the molecule is CCOCCN1CC(=O)NC2CCC(CC2)CC(=O)N[C@@H](CCCCN=C(N)N)C(=O)N(CCc2cccc(C(F)(F)F)c2)CC1=O. The Kier molecular flexibility index (Phi) is 14.8. The molecule has 0 spiro atoms. The molecule has 0 aromatic heterocycles. The minimum atomic E-state index is -4.54. The van der Waals surface area contributed by atoms with Gasteiger partial charge in [0, 0.05) is 38.7 Å². The fourth-order valence-electron chi connectivity index (χ4n) is 5.93. The minimum absolute atomic E-state index is 0.0251. The quantitative estimate of drug-likeness (QED) is 0.114. The molecular formula is C32H48F3N7O5. The molecular weight excluding hydrogens is 619 g/mol. The number of unbranched alkanes of at least 4 members (excludes halogenated alkanes) is 1. The highest BCUT2D eigenvalue weighted by molar-refractivity contribution is 5.92. The van der Waals surface area contributed by atoms with E-state index in [1.807, 2.05) is 0 Å². The molecule has 1 saturated carbocycles. The first-order valence-corrected chi connectivity index (χ1v) is 16.3. The number of guanidine groups is 1. The van der Waals surface area contributed by atoms with Gasteiger partial charge in [-0.15, -0.1) is 0 Å². The molecule has 3 aliphatic rings. The van der Waals surface area contributed by atoms with Crippen molar-refractivity contribution >= 4 is 29.6 Å². The van der Waals surface area contributed by atoms with Crippen LogP contribution in [0.1, 0.15) is 69.4 Å². The van der Waals surface area contributed by atoms with E-state index in [1.54, 1.807) is 6.92 Å². The fourth-order valence-corrected chi connectivity index (χ4v) is 5.93. The van der Waals surface area contributed by atoms with Crippen LogP contribution in [-0.2, 0) is 36.5 Å². The number of benzene rings is 1. The van der Waals surface area contributed by atoms with Crippen molar-refractivity contribution < 1.29 is 37.1 Å². The number of fused-ring (bicyclic) bond motifs is 13. The van der Waals surface area contributed by atoms with Crippen LogP contribution in [0, 0.1) is 5.92 Å². The van der Waals surface area contributed by atoms with Crippen LogP contribution in [0.25, 0.3) is 0 Å². The van der Waals surface area contributed by atoms with E-state index in [4.69, 9.17) is 16.2 Å². The number of nitrogens with one attached hydrogen (secondary N) is 2. The molecule has 1 aromatic carbocycles. The van der Waals surface area contributed by atoms with Gasteiger partial charge in [-0.1, -0.05) is 18.2 Å². The van der Waals surface area contributed by atoms with E-state index >= 15 is 0 Å². The van der Waals surface area contributed by atoms with Gasteiger partial charge in [0.05, 0.1) is 25.3 Å². The van der Waals surface area contributed by atoms with E-state index in [2.05, 4.69) is 15.6 Å². The number of hydrogen-bond donors (Lipinski definition) is 4. The summed E-state index contributed by atoms with van der Waals surface area (Å²) < 4.78 is 45.6. The zero-order valence-electron chi connectivity index (χ0n) is 27.0. The van der Waals surface area contributed by atoms with Crippen LogP contribution in [-0.4, -0.2) is 97.4 Å². The van der Waals surface area contributed by atoms with Gasteiger partial charge in [-0.3, -0.25) is 24.2 Å². The molecule has 15 heteroatoms. The number of alkyl halides is 3. The third kappa shape index (κ3) is 13.0. The summed E-state index contributed by atoms with van der Waals surface area (Å²) in [7, 11) is 0. The monoisotopic (exact) mass is 667 g/mol. The lowest BCUT2D eigenvalue weighted by Gasteiger charge is -2.33. The molecule has 1 aromatic rings.